The van der Waals surface area contributed by atoms with Crippen molar-refractivity contribution in [2.75, 3.05) is 20.2 Å². The predicted molar refractivity (Wildman–Crippen MR) is 173 cm³/mol. The van der Waals surface area contributed by atoms with E-state index in [9.17, 15) is 9.18 Å². The van der Waals surface area contributed by atoms with Gasteiger partial charge in [-0.25, -0.2) is 8.91 Å². The number of piperidine rings is 1. The number of hydrogen-bond donors (Lipinski definition) is 1. The largest absolute Gasteiger partial charge is 0.494 e. The fourth-order valence-corrected chi connectivity index (χ4v) is 6.95. The number of carbonyl (C=O) groups is 1. The molecule has 5 heterocycles. The van der Waals surface area contributed by atoms with Crippen LogP contribution in [0.25, 0.3) is 49.8 Å². The fraction of sp³-hybridized carbons (Fsp3) is 0.343. The van der Waals surface area contributed by atoms with E-state index in [0.29, 0.717) is 23.8 Å². The second-order valence-electron chi connectivity index (χ2n) is 12.8. The quantitative estimate of drug-likeness (QED) is 0.261. The number of carbonyl (C=O) groups excluding carboxylic acids is 1. The van der Waals surface area contributed by atoms with E-state index in [1.54, 1.807) is 23.9 Å². The zero-order valence-electron chi connectivity index (χ0n) is 25.7. The van der Waals surface area contributed by atoms with Gasteiger partial charge in [0, 0.05) is 54.2 Å². The van der Waals surface area contributed by atoms with Crippen molar-refractivity contribution in [3.63, 3.8) is 0 Å². The summed E-state index contributed by atoms with van der Waals surface area (Å²) in [6, 6.07) is 16.7. The summed E-state index contributed by atoms with van der Waals surface area (Å²) in [5.41, 5.74) is 14.7. The highest BCUT2D eigenvalue weighted by molar-refractivity contribution is 5.96. The number of halogens is 1. The molecule has 2 atom stereocenters. The monoisotopic (exact) mass is 605 g/mol. The maximum absolute atomic E-state index is 14.3. The fourth-order valence-electron chi connectivity index (χ4n) is 6.95. The number of aryl methyl sites for hydroxylation is 2. The molecule has 2 N–H and O–H groups in total. The van der Waals surface area contributed by atoms with Gasteiger partial charge in [-0.2, -0.15) is 10.2 Å². The molecule has 8 rings (SSSR count). The molecule has 10 heteroatoms. The third kappa shape index (κ3) is 4.75. The first-order chi connectivity index (χ1) is 21.8. The molecule has 230 valence electrons. The zero-order valence-corrected chi connectivity index (χ0v) is 25.7. The van der Waals surface area contributed by atoms with Crippen molar-refractivity contribution >= 4 is 33.2 Å². The molecule has 1 amide bonds. The first kappa shape index (κ1) is 27.8. The maximum Gasteiger partial charge on any atom is 0.255 e. The molecule has 1 aliphatic heterocycles. The average molecular weight is 606 g/mol. The Labute approximate surface area is 260 Å². The van der Waals surface area contributed by atoms with E-state index in [4.69, 9.17) is 15.6 Å². The summed E-state index contributed by atoms with van der Waals surface area (Å²) in [4.78, 5) is 15.0. The summed E-state index contributed by atoms with van der Waals surface area (Å²) in [5.74, 6) is 0.914. The zero-order chi connectivity index (χ0) is 31.0. The summed E-state index contributed by atoms with van der Waals surface area (Å²) in [6.45, 7) is 3.32. The molecule has 2 aromatic carbocycles. The van der Waals surface area contributed by atoms with Crippen LogP contribution in [0.1, 0.15) is 35.2 Å². The van der Waals surface area contributed by atoms with Crippen molar-refractivity contribution in [2.45, 2.75) is 44.9 Å². The number of ether oxygens (including phenoxy) is 1. The molecule has 1 saturated heterocycles. The molecule has 6 aromatic rings. The first-order valence-corrected chi connectivity index (χ1v) is 15.6. The standard InChI is InChI=1S/C35H36FN7O2/c1-20-33(39-43-17-26(13-32(45-3)34(20)43)35(44)41-18-27(36)14-28(37)19-41)31-12-24-7-6-23(11-30(24)42(31)16-21-4-5-21)22-8-9-29-25(10-22)15-38-40(29)2/h6-13,15,17,21,27-28H,4-5,14,16,18-19,37H2,1-3H3/t27-,28-/m1/s1. The molecule has 1 saturated carbocycles. The summed E-state index contributed by atoms with van der Waals surface area (Å²) in [5, 5.41) is 11.7. The van der Waals surface area contributed by atoms with E-state index in [1.165, 1.54) is 23.3 Å². The van der Waals surface area contributed by atoms with Crippen molar-refractivity contribution < 1.29 is 13.9 Å². The Morgan fingerprint density at radius 2 is 1.84 bits per heavy atom. The van der Waals surface area contributed by atoms with Gasteiger partial charge in [0.1, 0.15) is 23.1 Å². The minimum absolute atomic E-state index is 0.0373. The molecule has 9 nitrogen and oxygen atoms in total. The van der Waals surface area contributed by atoms with Gasteiger partial charge in [0.25, 0.3) is 5.91 Å². The van der Waals surface area contributed by atoms with Crippen LogP contribution in [0.3, 0.4) is 0 Å². The van der Waals surface area contributed by atoms with E-state index in [1.807, 2.05) is 24.9 Å². The Kier molecular flexibility index (Phi) is 6.46. The highest BCUT2D eigenvalue weighted by atomic mass is 19.1. The molecule has 2 aliphatic rings. The second-order valence-corrected chi connectivity index (χ2v) is 12.8. The van der Waals surface area contributed by atoms with Gasteiger partial charge in [-0.3, -0.25) is 9.48 Å². The number of hydrogen-bond acceptors (Lipinski definition) is 5. The maximum atomic E-state index is 14.3. The highest BCUT2D eigenvalue weighted by Crippen LogP contribution is 2.39. The Morgan fingerprint density at radius 1 is 1.04 bits per heavy atom. The predicted octanol–water partition coefficient (Wildman–Crippen LogP) is 5.75. The highest BCUT2D eigenvalue weighted by Gasteiger charge is 2.30. The number of amides is 1. The topological polar surface area (TPSA) is 95.6 Å². The van der Waals surface area contributed by atoms with Crippen LogP contribution in [0, 0.1) is 12.8 Å². The Bertz CT molecular complexity index is 2110. The Hall–Kier alpha value is -4.70. The van der Waals surface area contributed by atoms with Crippen LogP contribution in [-0.4, -0.2) is 67.2 Å². The van der Waals surface area contributed by atoms with Gasteiger partial charge in [0.15, 0.2) is 0 Å². The molecule has 0 unspecified atom stereocenters. The van der Waals surface area contributed by atoms with E-state index in [-0.39, 0.29) is 24.9 Å². The van der Waals surface area contributed by atoms with Gasteiger partial charge >= 0.3 is 0 Å². The third-order valence-corrected chi connectivity index (χ3v) is 9.48. The van der Waals surface area contributed by atoms with Crippen LogP contribution in [0.5, 0.6) is 5.75 Å². The van der Waals surface area contributed by atoms with Crippen molar-refractivity contribution in [3.05, 3.63) is 72.1 Å². The van der Waals surface area contributed by atoms with Crippen molar-refractivity contribution in [3.8, 4) is 28.3 Å². The Morgan fingerprint density at radius 3 is 2.62 bits per heavy atom. The number of benzene rings is 2. The molecular weight excluding hydrogens is 569 g/mol. The number of methoxy groups -OCH3 is 1. The van der Waals surface area contributed by atoms with Gasteiger partial charge in [-0.05, 0) is 73.6 Å². The van der Waals surface area contributed by atoms with E-state index >= 15 is 0 Å². The molecule has 4 aromatic heterocycles. The normalized spacial score (nSPS) is 18.8. The van der Waals surface area contributed by atoms with Crippen molar-refractivity contribution in [2.24, 2.45) is 18.7 Å². The summed E-state index contributed by atoms with van der Waals surface area (Å²) >= 11 is 0. The lowest BCUT2D eigenvalue weighted by atomic mass is 10.0. The van der Waals surface area contributed by atoms with Gasteiger partial charge in [0.05, 0.1) is 36.6 Å². The van der Waals surface area contributed by atoms with Crippen LogP contribution >= 0.6 is 0 Å². The van der Waals surface area contributed by atoms with Gasteiger partial charge in [0.2, 0.25) is 0 Å². The van der Waals surface area contributed by atoms with E-state index in [2.05, 4.69) is 52.1 Å². The lowest BCUT2D eigenvalue weighted by molar-refractivity contribution is 0.0606. The number of pyridine rings is 1. The molecule has 45 heavy (non-hydrogen) atoms. The molecule has 1 aliphatic carbocycles. The number of likely N-dealkylation sites (tertiary alicyclic amines) is 1. The number of nitrogens with zero attached hydrogens (tertiary/aromatic N) is 6. The lowest BCUT2D eigenvalue weighted by Crippen LogP contribution is -2.50. The minimum atomic E-state index is -1.13. The third-order valence-electron chi connectivity index (χ3n) is 9.48. The summed E-state index contributed by atoms with van der Waals surface area (Å²) in [7, 11) is 3.56. The van der Waals surface area contributed by atoms with Gasteiger partial charge in [-0.15, -0.1) is 0 Å². The molecule has 2 fully saturated rings. The van der Waals surface area contributed by atoms with Crippen LogP contribution in [0.15, 0.2) is 60.9 Å². The van der Waals surface area contributed by atoms with E-state index < -0.39 is 6.17 Å². The van der Waals surface area contributed by atoms with Crippen LogP contribution in [-0.2, 0) is 13.6 Å². The van der Waals surface area contributed by atoms with Gasteiger partial charge < -0.3 is 19.9 Å². The smallest absolute Gasteiger partial charge is 0.255 e. The molecule has 0 spiro atoms. The van der Waals surface area contributed by atoms with Crippen LogP contribution < -0.4 is 10.5 Å². The van der Waals surface area contributed by atoms with E-state index in [0.717, 1.165) is 56.4 Å². The number of fused-ring (bicyclic) bond motifs is 3. The van der Waals surface area contributed by atoms with Crippen molar-refractivity contribution in [1.82, 2.24) is 28.9 Å². The SMILES string of the molecule is COc1cc(C(=O)N2C[C@H](N)C[C@@H](F)C2)cn2nc(-c3cc4ccc(-c5ccc6c(cnn6C)c5)cc4n3CC3CC3)c(C)c12. The molecule has 0 bridgehead atoms. The number of rotatable bonds is 6. The molecular formula is C35H36FN7O2. The Balaban J connectivity index is 1.23. The number of alkyl halides is 1. The van der Waals surface area contributed by atoms with Gasteiger partial charge in [-0.1, -0.05) is 18.2 Å². The van der Waals surface area contributed by atoms with Crippen LogP contribution in [0.2, 0.25) is 0 Å². The van der Waals surface area contributed by atoms with Crippen LogP contribution in [0.4, 0.5) is 4.39 Å². The first-order valence-electron chi connectivity index (χ1n) is 15.6. The lowest BCUT2D eigenvalue weighted by Gasteiger charge is -2.33. The number of nitrogens with two attached hydrogens (primary N) is 1. The second kappa shape index (κ2) is 10.4. The summed E-state index contributed by atoms with van der Waals surface area (Å²) < 4.78 is 26.1. The number of aromatic nitrogens is 5. The average Bonchev–Trinajstić information content (AvgIpc) is 3.56. The van der Waals surface area contributed by atoms with Crippen molar-refractivity contribution in [1.29, 1.82) is 0 Å². The summed E-state index contributed by atoms with van der Waals surface area (Å²) in [6.07, 6.45) is 5.21. The molecule has 0 radical (unpaired) electrons. The minimum Gasteiger partial charge on any atom is -0.494 e.